The summed E-state index contributed by atoms with van der Waals surface area (Å²) in [5.41, 5.74) is 0.983. The highest BCUT2D eigenvalue weighted by atomic mass is 35.5. The Bertz CT molecular complexity index is 1100. The fourth-order valence-electron chi connectivity index (χ4n) is 4.07. The number of ether oxygens (including phenoxy) is 1. The van der Waals surface area contributed by atoms with E-state index in [0.29, 0.717) is 34.9 Å². The molecule has 1 aliphatic heterocycles. The highest BCUT2D eigenvalue weighted by Crippen LogP contribution is 2.43. The van der Waals surface area contributed by atoms with E-state index in [1.165, 1.54) is 12.5 Å². The minimum Gasteiger partial charge on any atom is -0.446 e. The average Bonchev–Trinajstić information content (AvgIpc) is 3.32. The Balaban J connectivity index is 1.73. The van der Waals surface area contributed by atoms with Gasteiger partial charge in [-0.2, -0.15) is 0 Å². The van der Waals surface area contributed by atoms with Crippen LogP contribution >= 0.6 is 11.6 Å². The zero-order valence-electron chi connectivity index (χ0n) is 18.8. The normalized spacial score (nSPS) is 19.8. The van der Waals surface area contributed by atoms with Crippen molar-refractivity contribution in [2.75, 3.05) is 0 Å². The zero-order chi connectivity index (χ0) is 23.6. The van der Waals surface area contributed by atoms with E-state index < -0.39 is 17.8 Å². The first-order valence-electron chi connectivity index (χ1n) is 10.9. The third-order valence-electron chi connectivity index (χ3n) is 5.43. The Morgan fingerprint density at radius 3 is 2.67 bits per heavy atom. The van der Waals surface area contributed by atoms with Gasteiger partial charge in [0.2, 0.25) is 5.89 Å². The summed E-state index contributed by atoms with van der Waals surface area (Å²) in [6, 6.07) is 8.13. The van der Waals surface area contributed by atoms with Gasteiger partial charge in [0.1, 0.15) is 11.9 Å². The van der Waals surface area contributed by atoms with Gasteiger partial charge in [0.25, 0.3) is 0 Å². The van der Waals surface area contributed by atoms with E-state index in [-0.39, 0.29) is 18.0 Å². The number of aromatic nitrogens is 3. The van der Waals surface area contributed by atoms with Gasteiger partial charge >= 0.3 is 6.09 Å². The van der Waals surface area contributed by atoms with Crippen molar-refractivity contribution in [3.8, 4) is 0 Å². The third-order valence-corrected chi connectivity index (χ3v) is 5.75. The number of amides is 1. The summed E-state index contributed by atoms with van der Waals surface area (Å²) in [5, 5.41) is 11.1. The molecular formula is C24H27ClN4O4. The Kier molecular flexibility index (Phi) is 6.67. The minimum atomic E-state index is -1.11. The lowest BCUT2D eigenvalue weighted by Crippen LogP contribution is -2.44. The predicted molar refractivity (Wildman–Crippen MR) is 121 cm³/mol. The number of likely N-dealkylation sites (tertiary alicyclic amines) is 1. The molecule has 3 atom stereocenters. The molecule has 174 valence electrons. The molecule has 4 rings (SSSR count). The number of rotatable bonds is 4. The van der Waals surface area contributed by atoms with Crippen LogP contribution in [0.4, 0.5) is 4.79 Å². The van der Waals surface area contributed by atoms with Crippen molar-refractivity contribution in [2.24, 2.45) is 0 Å². The number of oxazole rings is 1. The van der Waals surface area contributed by atoms with E-state index >= 15 is 0 Å². The summed E-state index contributed by atoms with van der Waals surface area (Å²) in [5.74, 6) is 0.158. The summed E-state index contributed by atoms with van der Waals surface area (Å²) >= 11 is 6.47. The lowest BCUT2D eigenvalue weighted by Gasteiger charge is -2.42. The molecule has 0 aliphatic carbocycles. The number of aliphatic hydroxyl groups excluding tert-OH is 1. The first kappa shape index (κ1) is 23.2. The maximum Gasteiger partial charge on any atom is 0.411 e. The van der Waals surface area contributed by atoms with E-state index in [9.17, 15) is 9.90 Å². The molecule has 1 unspecified atom stereocenters. The second-order valence-electron chi connectivity index (χ2n) is 8.98. The van der Waals surface area contributed by atoms with Crippen LogP contribution in [0.25, 0.3) is 0 Å². The number of hydrogen-bond acceptors (Lipinski definition) is 7. The van der Waals surface area contributed by atoms with E-state index in [2.05, 4.69) is 15.0 Å². The van der Waals surface area contributed by atoms with Gasteiger partial charge in [-0.25, -0.2) is 9.78 Å². The van der Waals surface area contributed by atoms with Gasteiger partial charge in [-0.05, 0) is 64.3 Å². The van der Waals surface area contributed by atoms with Gasteiger partial charge < -0.3 is 14.3 Å². The van der Waals surface area contributed by atoms with Crippen molar-refractivity contribution in [3.05, 3.63) is 77.0 Å². The molecule has 1 amide bonds. The monoisotopic (exact) mass is 470 g/mol. The van der Waals surface area contributed by atoms with Gasteiger partial charge in [0.05, 0.1) is 40.4 Å². The smallest absolute Gasteiger partial charge is 0.411 e. The SMILES string of the molecule is CC(C)(C)OC(=O)N1[C@@H](c2cccc(C(O)c3ncco3)n2)CCC[C@H]1c1ncccc1Cl. The molecule has 0 bridgehead atoms. The molecule has 9 heteroatoms. The molecular weight excluding hydrogens is 444 g/mol. The topological polar surface area (TPSA) is 102 Å². The minimum absolute atomic E-state index is 0.158. The Labute approximate surface area is 197 Å². The molecule has 0 radical (unpaired) electrons. The summed E-state index contributed by atoms with van der Waals surface area (Å²) in [7, 11) is 0. The van der Waals surface area contributed by atoms with Crippen LogP contribution in [0.3, 0.4) is 0 Å². The second-order valence-corrected chi connectivity index (χ2v) is 9.39. The van der Waals surface area contributed by atoms with Crippen LogP contribution < -0.4 is 0 Å². The Morgan fingerprint density at radius 1 is 1.18 bits per heavy atom. The molecule has 8 nitrogen and oxygen atoms in total. The highest BCUT2D eigenvalue weighted by Gasteiger charge is 2.40. The van der Waals surface area contributed by atoms with Crippen molar-refractivity contribution in [1.29, 1.82) is 0 Å². The van der Waals surface area contributed by atoms with Crippen LogP contribution in [0.1, 0.15) is 81.2 Å². The molecule has 1 saturated heterocycles. The molecule has 33 heavy (non-hydrogen) atoms. The molecule has 1 N–H and O–H groups in total. The van der Waals surface area contributed by atoms with E-state index in [1.54, 1.807) is 35.4 Å². The lowest BCUT2D eigenvalue weighted by molar-refractivity contribution is -0.00799. The number of aliphatic hydroxyl groups is 1. The van der Waals surface area contributed by atoms with Gasteiger partial charge in [-0.1, -0.05) is 17.7 Å². The van der Waals surface area contributed by atoms with Crippen molar-refractivity contribution in [2.45, 2.75) is 63.8 Å². The van der Waals surface area contributed by atoms with Crippen molar-refractivity contribution in [1.82, 2.24) is 19.9 Å². The molecule has 3 aromatic rings. The van der Waals surface area contributed by atoms with Crippen LogP contribution in [0.15, 0.2) is 53.4 Å². The average molecular weight is 471 g/mol. The summed E-state index contributed by atoms with van der Waals surface area (Å²) < 4.78 is 11.0. The second kappa shape index (κ2) is 9.49. The van der Waals surface area contributed by atoms with Crippen LogP contribution in [-0.4, -0.2) is 36.7 Å². The fraction of sp³-hybridized carbons (Fsp3) is 0.417. The van der Waals surface area contributed by atoms with Crippen LogP contribution in [0.2, 0.25) is 5.02 Å². The number of carbonyl (C=O) groups is 1. The summed E-state index contributed by atoms with van der Waals surface area (Å²) in [4.78, 5) is 28.3. The fourth-order valence-corrected chi connectivity index (χ4v) is 4.32. The van der Waals surface area contributed by atoms with Crippen molar-refractivity contribution >= 4 is 17.7 Å². The molecule has 1 fully saturated rings. The van der Waals surface area contributed by atoms with Crippen LogP contribution in [0.5, 0.6) is 0 Å². The van der Waals surface area contributed by atoms with Gasteiger partial charge in [-0.15, -0.1) is 0 Å². The number of halogens is 1. The number of pyridine rings is 2. The highest BCUT2D eigenvalue weighted by molar-refractivity contribution is 6.31. The van der Waals surface area contributed by atoms with Gasteiger partial charge in [0.15, 0.2) is 6.10 Å². The standard InChI is InChI=1S/C24H27ClN4O4/c1-24(2,3)33-23(31)29-18(10-5-11-19(29)20-15(25)7-6-12-26-20)16-8-4-9-17(28-16)21(30)22-27-13-14-32-22/h4,6-9,12-14,18-19,21,30H,5,10-11H2,1-3H3/t18-,19+,21?/m1/s1. The quantitative estimate of drug-likeness (QED) is 0.544. The van der Waals surface area contributed by atoms with Crippen molar-refractivity contribution < 1.29 is 19.1 Å². The Hall–Kier alpha value is -2.97. The molecule has 0 spiro atoms. The number of nitrogens with zero attached hydrogens (tertiary/aromatic N) is 4. The number of carbonyl (C=O) groups excluding carboxylic acids is 1. The maximum absolute atomic E-state index is 13.4. The summed E-state index contributed by atoms with van der Waals surface area (Å²) in [6.07, 6.45) is 5.19. The number of hydrogen-bond donors (Lipinski definition) is 1. The summed E-state index contributed by atoms with van der Waals surface area (Å²) in [6.45, 7) is 5.49. The van der Waals surface area contributed by atoms with Gasteiger partial charge in [-0.3, -0.25) is 14.9 Å². The van der Waals surface area contributed by atoms with Crippen molar-refractivity contribution in [3.63, 3.8) is 0 Å². The third kappa shape index (κ3) is 5.17. The molecule has 3 aromatic heterocycles. The van der Waals surface area contributed by atoms with Crippen LogP contribution in [0, 0.1) is 0 Å². The van der Waals surface area contributed by atoms with E-state index in [0.717, 1.165) is 6.42 Å². The van der Waals surface area contributed by atoms with Crippen LogP contribution in [-0.2, 0) is 4.74 Å². The first-order chi connectivity index (χ1) is 15.7. The number of piperidine rings is 1. The van der Waals surface area contributed by atoms with E-state index in [1.807, 2.05) is 26.8 Å². The largest absolute Gasteiger partial charge is 0.446 e. The molecule has 0 saturated carbocycles. The van der Waals surface area contributed by atoms with E-state index in [4.69, 9.17) is 20.8 Å². The lowest BCUT2D eigenvalue weighted by atomic mass is 9.91. The Morgan fingerprint density at radius 2 is 1.97 bits per heavy atom. The molecule has 0 aromatic carbocycles. The molecule has 4 heterocycles. The van der Waals surface area contributed by atoms with Gasteiger partial charge in [0, 0.05) is 6.20 Å². The molecule has 1 aliphatic rings. The predicted octanol–water partition coefficient (Wildman–Crippen LogP) is 5.40. The maximum atomic E-state index is 13.4. The zero-order valence-corrected chi connectivity index (χ0v) is 19.6. The first-order valence-corrected chi connectivity index (χ1v) is 11.3.